The van der Waals surface area contributed by atoms with Crippen LogP contribution in [0.2, 0.25) is 0 Å². The predicted octanol–water partition coefficient (Wildman–Crippen LogP) is 22.1. The van der Waals surface area contributed by atoms with Crippen LogP contribution in [0.25, 0.3) is 0 Å². The maximum absolute atomic E-state index is 6.39. The average molecular weight is 1160 g/mol. The lowest BCUT2D eigenvalue weighted by atomic mass is 9.73. The fraction of sp³-hybridized carbons (Fsp3) is 0.549. The van der Waals surface area contributed by atoms with Crippen molar-refractivity contribution in [3.05, 3.63) is 184 Å². The van der Waals surface area contributed by atoms with Crippen molar-refractivity contribution >= 4 is 17.7 Å². The first-order chi connectivity index (χ1) is 39.2. The van der Waals surface area contributed by atoms with Gasteiger partial charge >= 0.3 is 0 Å². The Labute approximate surface area is 526 Å². The summed E-state index contributed by atoms with van der Waals surface area (Å²) in [6.07, 6.45) is 2.52. The number of hydrogen-bond donors (Lipinski definition) is 0. The third-order valence-corrected chi connectivity index (χ3v) is 19.3. The van der Waals surface area contributed by atoms with Crippen LogP contribution in [0.3, 0.4) is 0 Å². The van der Waals surface area contributed by atoms with E-state index < -0.39 is 0 Å². The summed E-state index contributed by atoms with van der Waals surface area (Å²) in [5.41, 5.74) is 29.0. The van der Waals surface area contributed by atoms with E-state index in [-0.39, 0.29) is 61.6 Å². The standard InChI is InChI=1S/C82H117N2O2/c1-48-35-61(51(4)57-39-50(3)74(85-31)69(44-57)80(22,23)24)72(64(38-48)54(7)60-45-70(81(25,26)27)75(86-32)71(46-60)82(28,29)30)83-33-34-84(47-83)73-62(52(5)58-40-65(76(10,11)12)55(8)66(41-58)77(13,14)15)36-49(2)37-63(73)53(6)59-42-67(78(16,17)18)56(9)68(43-59)79(19,20)21/h35-47,51-54H,33-34H2,1-32H3/q+1/t51-,52-,53-,54-/m1/s1. The van der Waals surface area contributed by atoms with Crippen LogP contribution in [0.15, 0.2) is 72.8 Å². The van der Waals surface area contributed by atoms with Crippen molar-refractivity contribution in [3.8, 4) is 11.5 Å². The second kappa shape index (κ2) is 23.7. The van der Waals surface area contributed by atoms with Crippen molar-refractivity contribution in [2.75, 3.05) is 32.2 Å². The Morgan fingerprint density at radius 2 is 0.628 bits per heavy atom. The molecule has 0 unspecified atom stereocenters. The maximum atomic E-state index is 6.39. The van der Waals surface area contributed by atoms with Gasteiger partial charge in [0.25, 0.3) is 0 Å². The van der Waals surface area contributed by atoms with Gasteiger partial charge in [0.1, 0.15) is 36.0 Å². The van der Waals surface area contributed by atoms with E-state index in [9.17, 15) is 0 Å². The van der Waals surface area contributed by atoms with Gasteiger partial charge in [0, 0.05) is 62.6 Å². The molecule has 0 N–H and O–H groups in total. The molecule has 0 radical (unpaired) electrons. The molecule has 86 heavy (non-hydrogen) atoms. The zero-order valence-electron chi connectivity index (χ0n) is 60.4. The number of ether oxygens (including phenoxy) is 2. The van der Waals surface area contributed by atoms with E-state index in [4.69, 9.17) is 9.47 Å². The summed E-state index contributed by atoms with van der Waals surface area (Å²) in [7, 11) is 3.67. The second-order valence-electron chi connectivity index (χ2n) is 33.8. The van der Waals surface area contributed by atoms with Crippen molar-refractivity contribution in [2.24, 2.45) is 0 Å². The largest absolute Gasteiger partial charge is 0.496 e. The minimum absolute atomic E-state index is 0.0237. The highest BCUT2D eigenvalue weighted by Gasteiger charge is 2.38. The van der Waals surface area contributed by atoms with E-state index in [1.165, 1.54) is 123 Å². The van der Waals surface area contributed by atoms with Gasteiger partial charge in [0.05, 0.1) is 14.2 Å². The normalized spacial score (nSPS) is 15.4. The molecule has 0 aromatic heterocycles. The SMILES string of the molecule is COc1c(C)cc([C@@H](C)c2cc(C)cc([C@H](C)c3cc(C(C)(C)C)c(OC)c(C(C)(C)C)c3)c2[N+]2=CN(c3c([C@H](C)c4cc(C(C)(C)C)c(C)c(C(C)(C)C)c4)cc(C)cc3[C@H](C)c3cc(C(C)(C)C)c(C)c(C(C)(C)C)c3)CC2)cc1C(C)(C)C. The third-order valence-electron chi connectivity index (χ3n) is 19.3. The Kier molecular flexibility index (Phi) is 18.7. The Morgan fingerprint density at radius 3 is 0.930 bits per heavy atom. The summed E-state index contributed by atoms with van der Waals surface area (Å²) < 4.78 is 15.2. The number of rotatable bonds is 12. The fourth-order valence-corrected chi connectivity index (χ4v) is 14.4. The van der Waals surface area contributed by atoms with E-state index in [0.29, 0.717) is 0 Å². The van der Waals surface area contributed by atoms with E-state index >= 15 is 0 Å². The number of hydrogen-bond acceptors (Lipinski definition) is 3. The highest BCUT2D eigenvalue weighted by Crippen LogP contribution is 2.50. The van der Waals surface area contributed by atoms with Crippen molar-refractivity contribution in [1.82, 2.24) is 0 Å². The lowest BCUT2D eigenvalue weighted by Gasteiger charge is -2.32. The molecule has 7 rings (SSSR count). The molecule has 0 spiro atoms. The van der Waals surface area contributed by atoms with E-state index in [1.54, 1.807) is 0 Å². The van der Waals surface area contributed by atoms with Crippen LogP contribution in [0.1, 0.15) is 308 Å². The van der Waals surface area contributed by atoms with Gasteiger partial charge in [-0.2, -0.15) is 0 Å². The summed E-state index contributed by atoms with van der Waals surface area (Å²) in [4.78, 5) is 2.67. The first-order valence-corrected chi connectivity index (χ1v) is 32.6. The van der Waals surface area contributed by atoms with Gasteiger partial charge in [0.15, 0.2) is 0 Å². The summed E-state index contributed by atoms with van der Waals surface area (Å²) in [6.45, 7) is 72.6. The Morgan fingerprint density at radius 1 is 0.360 bits per heavy atom. The minimum atomic E-state index is -0.142. The summed E-state index contributed by atoms with van der Waals surface area (Å²) in [5, 5.41) is 0. The molecule has 4 heteroatoms. The highest BCUT2D eigenvalue weighted by molar-refractivity contribution is 5.84. The van der Waals surface area contributed by atoms with Crippen molar-refractivity contribution in [3.63, 3.8) is 0 Å². The molecule has 0 aliphatic carbocycles. The lowest BCUT2D eigenvalue weighted by Crippen LogP contribution is -2.24. The Bertz CT molecular complexity index is 3330. The fourth-order valence-electron chi connectivity index (χ4n) is 14.4. The molecule has 466 valence electrons. The molecule has 4 atom stereocenters. The molecule has 0 amide bonds. The van der Waals surface area contributed by atoms with Gasteiger partial charge in [0.2, 0.25) is 6.34 Å². The topological polar surface area (TPSA) is 24.7 Å². The second-order valence-corrected chi connectivity index (χ2v) is 33.8. The van der Waals surface area contributed by atoms with Crippen LogP contribution in [-0.2, 0) is 37.9 Å². The molecule has 6 aromatic rings. The summed E-state index contributed by atoms with van der Waals surface area (Å²) in [6, 6.07) is 30.1. The monoisotopic (exact) mass is 1160 g/mol. The zero-order chi connectivity index (χ0) is 64.8. The highest BCUT2D eigenvalue weighted by atomic mass is 16.5. The van der Waals surface area contributed by atoms with Crippen LogP contribution < -0.4 is 14.4 Å². The van der Waals surface area contributed by atoms with Crippen molar-refractivity contribution in [1.29, 1.82) is 0 Å². The number of benzene rings is 6. The average Bonchev–Trinajstić information content (AvgIpc) is 1.32. The summed E-state index contributed by atoms with van der Waals surface area (Å²) in [5.74, 6) is 2.29. The van der Waals surface area contributed by atoms with Crippen LogP contribution >= 0.6 is 0 Å². The first kappa shape index (κ1) is 67.9. The Balaban J connectivity index is 1.61. The van der Waals surface area contributed by atoms with Crippen molar-refractivity contribution in [2.45, 2.75) is 269 Å². The van der Waals surface area contributed by atoms with Gasteiger partial charge in [-0.05, 0) is 134 Å². The number of methoxy groups -OCH3 is 2. The lowest BCUT2D eigenvalue weighted by molar-refractivity contribution is -0.425. The molecule has 0 saturated heterocycles. The predicted molar refractivity (Wildman–Crippen MR) is 375 cm³/mol. The minimum Gasteiger partial charge on any atom is -0.496 e. The molecular formula is C82H117N2O2+. The van der Waals surface area contributed by atoms with Gasteiger partial charge in [-0.1, -0.05) is 257 Å². The maximum Gasteiger partial charge on any atom is 0.244 e. The van der Waals surface area contributed by atoms with Crippen LogP contribution in [-0.4, -0.2) is 38.2 Å². The van der Waals surface area contributed by atoms with E-state index in [1.807, 2.05) is 14.2 Å². The molecule has 1 aliphatic rings. The molecule has 6 aromatic carbocycles. The van der Waals surface area contributed by atoms with Crippen LogP contribution in [0.5, 0.6) is 11.5 Å². The molecule has 1 aliphatic heterocycles. The molecule has 0 saturated carbocycles. The quantitative estimate of drug-likeness (QED) is 0.114. The molecule has 4 nitrogen and oxygen atoms in total. The molecule has 0 fully saturated rings. The number of nitrogens with zero attached hydrogens (tertiary/aromatic N) is 2. The number of anilines is 1. The molecule has 1 heterocycles. The number of aryl methyl sites for hydroxylation is 3. The van der Waals surface area contributed by atoms with Gasteiger partial charge in [-0.3, -0.25) is 0 Å². The van der Waals surface area contributed by atoms with Crippen LogP contribution in [0, 0.1) is 34.6 Å². The van der Waals surface area contributed by atoms with E-state index in [0.717, 1.165) is 24.6 Å². The third kappa shape index (κ3) is 13.7. The first-order valence-electron chi connectivity index (χ1n) is 32.6. The Hall–Kier alpha value is -5.61. The molecule has 0 bridgehead atoms. The van der Waals surface area contributed by atoms with Crippen molar-refractivity contribution < 1.29 is 14.0 Å². The van der Waals surface area contributed by atoms with Gasteiger partial charge < -0.3 is 9.47 Å². The van der Waals surface area contributed by atoms with Gasteiger partial charge in [-0.15, -0.1) is 0 Å². The summed E-state index contributed by atoms with van der Waals surface area (Å²) >= 11 is 0. The zero-order valence-corrected chi connectivity index (χ0v) is 60.4. The molecular weight excluding hydrogens is 1040 g/mol. The van der Waals surface area contributed by atoms with E-state index in [2.05, 4.69) is 296 Å². The smallest absolute Gasteiger partial charge is 0.244 e. The van der Waals surface area contributed by atoms with Gasteiger partial charge in [-0.25, -0.2) is 9.48 Å². The van der Waals surface area contributed by atoms with Crippen LogP contribution in [0.4, 0.5) is 11.4 Å².